The van der Waals surface area contributed by atoms with Crippen molar-refractivity contribution in [2.24, 2.45) is 23.2 Å². The van der Waals surface area contributed by atoms with E-state index in [1.54, 1.807) is 14.2 Å². The summed E-state index contributed by atoms with van der Waals surface area (Å²) in [5.74, 6) is 0.164. The molecule has 0 spiro atoms. The van der Waals surface area contributed by atoms with E-state index in [2.05, 4.69) is 13.5 Å². The van der Waals surface area contributed by atoms with Gasteiger partial charge in [-0.15, -0.1) is 0 Å². The number of allylic oxidation sites excluding steroid dienone is 1. The molecule has 0 saturated heterocycles. The van der Waals surface area contributed by atoms with Crippen LogP contribution in [0.2, 0.25) is 0 Å². The minimum atomic E-state index is -0.274. The number of rotatable bonds is 5. The summed E-state index contributed by atoms with van der Waals surface area (Å²) in [4.78, 5) is 24.1. The first-order valence-electron chi connectivity index (χ1n) is 8.68. The van der Waals surface area contributed by atoms with E-state index in [9.17, 15) is 9.59 Å². The van der Waals surface area contributed by atoms with Crippen molar-refractivity contribution in [3.8, 4) is 0 Å². The number of Topliss-reactive ketones (excluding diaryl/α,β-unsaturated/α-hetero) is 1. The maximum absolute atomic E-state index is 12.9. The molecule has 0 amide bonds. The monoisotopic (exact) mass is 338 g/mol. The van der Waals surface area contributed by atoms with E-state index in [4.69, 9.17) is 14.2 Å². The number of fused-ring (bicyclic) bond motifs is 1. The molecule has 2 saturated carbocycles. The SMILES string of the molecule is C=C1CC[C@H](OC)[C@H](COC)C(=O)C[C@@H]2[C@@H]1C[C@]2(C)COC(C)=O. The van der Waals surface area contributed by atoms with Gasteiger partial charge >= 0.3 is 5.97 Å². The molecule has 2 fully saturated rings. The molecule has 0 aromatic carbocycles. The number of carbonyl (C=O) groups excluding carboxylic acids is 2. The van der Waals surface area contributed by atoms with Gasteiger partial charge in [0.05, 0.1) is 25.2 Å². The Labute approximate surface area is 144 Å². The zero-order chi connectivity index (χ0) is 17.9. The molecule has 0 N–H and O–H groups in total. The number of methoxy groups -OCH3 is 2. The van der Waals surface area contributed by atoms with E-state index < -0.39 is 0 Å². The summed E-state index contributed by atoms with van der Waals surface area (Å²) >= 11 is 0. The average molecular weight is 338 g/mol. The van der Waals surface area contributed by atoms with Crippen molar-refractivity contribution in [3.63, 3.8) is 0 Å². The Kier molecular flexibility index (Phi) is 6.21. The van der Waals surface area contributed by atoms with Gasteiger partial charge in [-0.1, -0.05) is 19.1 Å². The molecule has 0 aromatic rings. The van der Waals surface area contributed by atoms with Gasteiger partial charge in [0.25, 0.3) is 0 Å². The van der Waals surface area contributed by atoms with Gasteiger partial charge < -0.3 is 14.2 Å². The van der Waals surface area contributed by atoms with Gasteiger partial charge in [-0.3, -0.25) is 9.59 Å². The van der Waals surface area contributed by atoms with Crippen LogP contribution in [0.3, 0.4) is 0 Å². The van der Waals surface area contributed by atoms with Gasteiger partial charge in [0.1, 0.15) is 5.78 Å². The van der Waals surface area contributed by atoms with E-state index in [0.29, 0.717) is 25.6 Å². The third kappa shape index (κ3) is 3.89. The van der Waals surface area contributed by atoms with Crippen LogP contribution in [0.15, 0.2) is 12.2 Å². The molecule has 2 aliphatic carbocycles. The van der Waals surface area contributed by atoms with Crippen molar-refractivity contribution in [2.75, 3.05) is 27.4 Å². The molecule has 24 heavy (non-hydrogen) atoms. The van der Waals surface area contributed by atoms with Crippen molar-refractivity contribution >= 4 is 11.8 Å². The number of ketones is 1. The highest BCUT2D eigenvalue weighted by molar-refractivity contribution is 5.82. The Bertz CT molecular complexity index is 500. The fraction of sp³-hybridized carbons (Fsp3) is 0.789. The molecule has 5 heteroatoms. The summed E-state index contributed by atoms with van der Waals surface area (Å²) < 4.78 is 16.1. The second-order valence-corrected chi connectivity index (χ2v) is 7.55. The smallest absolute Gasteiger partial charge is 0.302 e. The highest BCUT2D eigenvalue weighted by atomic mass is 16.5. The fourth-order valence-electron chi connectivity index (χ4n) is 4.32. The first-order chi connectivity index (χ1) is 11.3. The summed E-state index contributed by atoms with van der Waals surface area (Å²) in [6, 6.07) is 0. The summed E-state index contributed by atoms with van der Waals surface area (Å²) in [6.45, 7) is 8.53. The lowest BCUT2D eigenvalue weighted by atomic mass is 9.51. The summed E-state index contributed by atoms with van der Waals surface area (Å²) in [5.41, 5.74) is 1.03. The molecule has 0 bridgehead atoms. The zero-order valence-corrected chi connectivity index (χ0v) is 15.3. The molecule has 0 aliphatic heterocycles. The minimum absolute atomic E-state index is 0.133. The normalized spacial score (nSPS) is 36.8. The van der Waals surface area contributed by atoms with Gasteiger partial charge in [-0.2, -0.15) is 0 Å². The zero-order valence-electron chi connectivity index (χ0n) is 15.3. The third-order valence-corrected chi connectivity index (χ3v) is 5.88. The van der Waals surface area contributed by atoms with Crippen molar-refractivity contribution in [1.82, 2.24) is 0 Å². The Morgan fingerprint density at radius 2 is 2.08 bits per heavy atom. The molecular weight excluding hydrogens is 308 g/mol. The molecule has 136 valence electrons. The number of ether oxygens (including phenoxy) is 3. The molecule has 2 rings (SSSR count). The van der Waals surface area contributed by atoms with Crippen molar-refractivity contribution in [3.05, 3.63) is 12.2 Å². The quantitative estimate of drug-likeness (QED) is 0.570. The lowest BCUT2D eigenvalue weighted by molar-refractivity contribution is -0.154. The summed E-state index contributed by atoms with van der Waals surface area (Å²) in [6.07, 6.45) is 2.90. The van der Waals surface area contributed by atoms with Crippen LogP contribution in [0.25, 0.3) is 0 Å². The van der Waals surface area contributed by atoms with E-state index in [1.807, 2.05) is 0 Å². The topological polar surface area (TPSA) is 61.8 Å². The van der Waals surface area contributed by atoms with Gasteiger partial charge in [0.15, 0.2) is 0 Å². The largest absolute Gasteiger partial charge is 0.465 e. The summed E-state index contributed by atoms with van der Waals surface area (Å²) in [5, 5.41) is 0. The van der Waals surface area contributed by atoms with E-state index in [1.165, 1.54) is 12.5 Å². The standard InChI is InChI=1S/C19H30O5/c1-12-6-7-18(23-5)15(10-22-4)17(21)8-16-14(12)9-19(16,3)11-24-13(2)20/h14-16,18H,1,6-11H2,2-5H3/t14-,15-,16-,18+,19-/m1/s1. The van der Waals surface area contributed by atoms with Crippen molar-refractivity contribution < 1.29 is 23.8 Å². The molecule has 0 aromatic heterocycles. The van der Waals surface area contributed by atoms with E-state index >= 15 is 0 Å². The van der Waals surface area contributed by atoms with Crippen molar-refractivity contribution in [2.45, 2.75) is 45.6 Å². The van der Waals surface area contributed by atoms with Gasteiger partial charge in [-0.25, -0.2) is 0 Å². The lowest BCUT2D eigenvalue weighted by Gasteiger charge is -2.53. The molecule has 0 unspecified atom stereocenters. The van der Waals surface area contributed by atoms with Gasteiger partial charge in [-0.05, 0) is 31.1 Å². The number of hydrogen-bond acceptors (Lipinski definition) is 5. The van der Waals surface area contributed by atoms with Gasteiger partial charge in [0, 0.05) is 33.0 Å². The molecule has 5 nitrogen and oxygen atoms in total. The first kappa shape index (κ1) is 19.1. The summed E-state index contributed by atoms with van der Waals surface area (Å²) in [7, 11) is 3.27. The first-order valence-corrected chi connectivity index (χ1v) is 8.68. The third-order valence-electron chi connectivity index (χ3n) is 5.88. The van der Waals surface area contributed by atoms with Crippen LogP contribution < -0.4 is 0 Å². The number of esters is 1. The Hall–Kier alpha value is -1.20. The Balaban J connectivity index is 2.19. The molecule has 2 aliphatic rings. The Morgan fingerprint density at radius 3 is 2.67 bits per heavy atom. The highest BCUT2D eigenvalue weighted by Gasteiger charge is 2.53. The van der Waals surface area contributed by atoms with Crippen LogP contribution in [-0.4, -0.2) is 45.3 Å². The number of carbonyl (C=O) groups is 2. The minimum Gasteiger partial charge on any atom is -0.465 e. The average Bonchev–Trinajstić information content (AvgIpc) is 2.57. The number of hydrogen-bond donors (Lipinski definition) is 0. The predicted octanol–water partition coefficient (Wildman–Crippen LogP) is 2.78. The predicted molar refractivity (Wildman–Crippen MR) is 90.5 cm³/mol. The van der Waals surface area contributed by atoms with Crippen LogP contribution in [0.1, 0.15) is 39.5 Å². The van der Waals surface area contributed by atoms with Crippen LogP contribution in [0.4, 0.5) is 0 Å². The molecular formula is C19H30O5. The van der Waals surface area contributed by atoms with Crippen LogP contribution in [-0.2, 0) is 23.8 Å². The highest BCUT2D eigenvalue weighted by Crippen LogP contribution is 2.57. The van der Waals surface area contributed by atoms with Crippen LogP contribution in [0.5, 0.6) is 0 Å². The van der Waals surface area contributed by atoms with Crippen LogP contribution >= 0.6 is 0 Å². The Morgan fingerprint density at radius 1 is 1.38 bits per heavy atom. The van der Waals surface area contributed by atoms with Gasteiger partial charge in [0.2, 0.25) is 0 Å². The molecule has 0 radical (unpaired) electrons. The maximum Gasteiger partial charge on any atom is 0.302 e. The maximum atomic E-state index is 12.9. The van der Waals surface area contributed by atoms with Crippen molar-refractivity contribution in [1.29, 1.82) is 0 Å². The second kappa shape index (κ2) is 7.79. The second-order valence-electron chi connectivity index (χ2n) is 7.55. The van der Waals surface area contributed by atoms with Crippen LogP contribution in [0, 0.1) is 23.2 Å². The van der Waals surface area contributed by atoms with E-state index in [0.717, 1.165) is 19.3 Å². The van der Waals surface area contributed by atoms with E-state index in [-0.39, 0.29) is 35.1 Å². The molecule has 0 heterocycles. The lowest BCUT2D eigenvalue weighted by Crippen LogP contribution is -2.51. The molecule has 5 atom stereocenters. The fourth-order valence-corrected chi connectivity index (χ4v) is 4.32.